The molecule has 230 valence electrons. The minimum Gasteiger partial charge on any atom is -0.465 e. The van der Waals surface area contributed by atoms with Gasteiger partial charge in [-0.25, -0.2) is 0 Å². The average Bonchev–Trinajstić information content (AvgIpc) is 3.46. The van der Waals surface area contributed by atoms with Crippen LogP contribution in [0.1, 0.15) is 64.4 Å². The summed E-state index contributed by atoms with van der Waals surface area (Å²) in [5.41, 5.74) is -0.716. The highest BCUT2D eigenvalue weighted by molar-refractivity contribution is 6.34. The fraction of sp³-hybridized carbons (Fsp3) is 0.606. The highest BCUT2D eigenvalue weighted by Gasteiger charge is 2.80. The first-order valence-electron chi connectivity index (χ1n) is 15.2. The summed E-state index contributed by atoms with van der Waals surface area (Å²) in [7, 11) is 0. The molecule has 3 saturated heterocycles. The molecule has 0 radical (unpaired) electrons. The Labute approximate surface area is 254 Å². The van der Waals surface area contributed by atoms with Gasteiger partial charge in [-0.05, 0) is 63.5 Å². The number of allylic oxidation sites excluding steroid dienone is 1. The molecule has 3 unspecified atom stereocenters. The van der Waals surface area contributed by atoms with Crippen LogP contribution in [-0.2, 0) is 23.9 Å². The molecular weight excluding hydrogens is 556 g/mol. The summed E-state index contributed by atoms with van der Waals surface area (Å²) in [5.74, 6) is -2.71. The van der Waals surface area contributed by atoms with Crippen LogP contribution in [0.3, 0.4) is 0 Å². The Hall–Kier alpha value is -2.68. The number of halogens is 1. The number of amides is 2. The van der Waals surface area contributed by atoms with Gasteiger partial charge in [0.1, 0.15) is 17.6 Å². The van der Waals surface area contributed by atoms with Crippen LogP contribution in [0.2, 0.25) is 5.02 Å². The molecule has 1 N–H and O–H groups in total. The van der Waals surface area contributed by atoms with Gasteiger partial charge in [-0.1, -0.05) is 55.7 Å². The molecule has 0 saturated carbocycles. The first-order chi connectivity index (χ1) is 20.1. The van der Waals surface area contributed by atoms with Crippen molar-refractivity contribution in [3.8, 4) is 0 Å². The maximum Gasteiger partial charge on any atom is 0.312 e. The van der Waals surface area contributed by atoms with Gasteiger partial charge in [-0.2, -0.15) is 0 Å². The molecule has 9 heteroatoms. The van der Waals surface area contributed by atoms with Crippen molar-refractivity contribution in [3.05, 3.63) is 54.1 Å². The molecule has 1 aromatic carbocycles. The first kappa shape index (κ1) is 32.2. The van der Waals surface area contributed by atoms with Crippen molar-refractivity contribution in [2.75, 3.05) is 31.2 Å². The van der Waals surface area contributed by atoms with Gasteiger partial charge in [0.05, 0.1) is 28.8 Å². The number of rotatable bonds is 15. The summed E-state index contributed by atoms with van der Waals surface area (Å²) >= 11 is 6.65. The number of aliphatic hydroxyl groups is 1. The topological polar surface area (TPSA) is 96.4 Å². The van der Waals surface area contributed by atoms with E-state index >= 15 is 0 Å². The second kappa shape index (κ2) is 13.3. The Kier molecular flexibility index (Phi) is 10.2. The van der Waals surface area contributed by atoms with Crippen LogP contribution in [0, 0.1) is 24.7 Å². The van der Waals surface area contributed by atoms with Crippen molar-refractivity contribution >= 4 is 35.1 Å². The average molecular weight is 601 g/mol. The van der Waals surface area contributed by atoms with Crippen LogP contribution in [0.4, 0.5) is 5.69 Å². The van der Waals surface area contributed by atoms with Crippen LogP contribution >= 0.6 is 11.6 Å². The third-order valence-electron chi connectivity index (χ3n) is 9.44. The summed E-state index contributed by atoms with van der Waals surface area (Å²) < 4.78 is 12.5. The van der Waals surface area contributed by atoms with Crippen molar-refractivity contribution in [1.82, 2.24) is 4.90 Å². The van der Waals surface area contributed by atoms with E-state index in [1.807, 2.05) is 32.9 Å². The smallest absolute Gasteiger partial charge is 0.312 e. The molecule has 1 spiro atoms. The SMILES string of the molecule is C=CCCCOC(=O)[C@@H]1[C@H]2C(=O)N(CCCCCCO)C(C(=O)N(CC=C)c3c(C)cccc3Cl)C23CC(C)[C@@]1(C)O3. The fourth-order valence-electron chi connectivity index (χ4n) is 7.39. The van der Waals surface area contributed by atoms with Gasteiger partial charge in [-0.15, -0.1) is 13.2 Å². The number of likely N-dealkylation sites (tertiary alicyclic amines) is 1. The van der Waals surface area contributed by atoms with Crippen LogP contribution < -0.4 is 4.90 Å². The molecule has 42 heavy (non-hydrogen) atoms. The van der Waals surface area contributed by atoms with Gasteiger partial charge >= 0.3 is 5.97 Å². The predicted molar refractivity (Wildman–Crippen MR) is 163 cm³/mol. The predicted octanol–water partition coefficient (Wildman–Crippen LogP) is 5.24. The Balaban J connectivity index is 1.76. The molecular formula is C33H45ClN2O6. The Morgan fingerprint density at radius 1 is 1.21 bits per heavy atom. The molecule has 1 aromatic rings. The third-order valence-corrected chi connectivity index (χ3v) is 9.75. The van der Waals surface area contributed by atoms with Gasteiger partial charge in [0.15, 0.2) is 0 Å². The number of fused-ring (bicyclic) bond motifs is 1. The second-order valence-corrected chi connectivity index (χ2v) is 12.5. The summed E-state index contributed by atoms with van der Waals surface area (Å²) in [5, 5.41) is 9.63. The summed E-state index contributed by atoms with van der Waals surface area (Å²) in [4.78, 5) is 46.0. The van der Waals surface area contributed by atoms with E-state index in [1.54, 1.807) is 28.0 Å². The van der Waals surface area contributed by atoms with E-state index in [0.717, 1.165) is 24.8 Å². The molecule has 0 aromatic heterocycles. The minimum atomic E-state index is -1.17. The largest absolute Gasteiger partial charge is 0.465 e. The van der Waals surface area contributed by atoms with E-state index in [0.29, 0.717) is 42.9 Å². The number of nitrogens with zero attached hydrogens (tertiary/aromatic N) is 2. The van der Waals surface area contributed by atoms with Gasteiger partial charge < -0.3 is 24.4 Å². The maximum atomic E-state index is 14.8. The van der Waals surface area contributed by atoms with Gasteiger partial charge in [-0.3, -0.25) is 14.4 Å². The number of unbranched alkanes of at least 4 members (excludes halogenated alkanes) is 4. The van der Waals surface area contributed by atoms with Crippen molar-refractivity contribution in [2.24, 2.45) is 17.8 Å². The normalized spacial score (nSPS) is 29.5. The number of hydrogen-bond acceptors (Lipinski definition) is 6. The number of aryl methyl sites for hydroxylation is 1. The quantitative estimate of drug-likeness (QED) is 0.168. The number of aliphatic hydroxyl groups excluding tert-OH is 1. The molecule has 3 heterocycles. The molecule has 6 atom stereocenters. The highest BCUT2D eigenvalue weighted by Crippen LogP contribution is 2.65. The zero-order valence-corrected chi connectivity index (χ0v) is 25.9. The van der Waals surface area contributed by atoms with E-state index in [-0.39, 0.29) is 37.5 Å². The number of esters is 1. The van der Waals surface area contributed by atoms with Crippen LogP contribution in [-0.4, -0.2) is 71.3 Å². The van der Waals surface area contributed by atoms with E-state index in [2.05, 4.69) is 13.2 Å². The Morgan fingerprint density at radius 3 is 2.62 bits per heavy atom. The Morgan fingerprint density at radius 2 is 1.95 bits per heavy atom. The van der Waals surface area contributed by atoms with Gasteiger partial charge in [0, 0.05) is 19.7 Å². The minimum absolute atomic E-state index is 0.0815. The maximum absolute atomic E-state index is 14.8. The zero-order valence-electron chi connectivity index (χ0n) is 25.1. The van der Waals surface area contributed by atoms with Gasteiger partial charge in [0.2, 0.25) is 5.91 Å². The number of benzene rings is 1. The number of ether oxygens (including phenoxy) is 2. The lowest BCUT2D eigenvalue weighted by Gasteiger charge is -2.37. The number of carbonyl (C=O) groups is 3. The Bertz CT molecular complexity index is 1180. The molecule has 0 aliphatic carbocycles. The number of anilines is 1. The van der Waals surface area contributed by atoms with Crippen molar-refractivity contribution in [3.63, 3.8) is 0 Å². The monoisotopic (exact) mass is 600 g/mol. The molecule has 3 fully saturated rings. The molecule has 2 bridgehead atoms. The van der Waals surface area contributed by atoms with Crippen LogP contribution in [0.15, 0.2) is 43.5 Å². The lowest BCUT2D eigenvalue weighted by molar-refractivity contribution is -0.161. The highest BCUT2D eigenvalue weighted by atomic mass is 35.5. The van der Waals surface area contributed by atoms with E-state index in [9.17, 15) is 19.5 Å². The molecule has 3 aliphatic heterocycles. The molecule has 3 aliphatic rings. The van der Waals surface area contributed by atoms with Crippen molar-refractivity contribution in [2.45, 2.75) is 83.0 Å². The van der Waals surface area contributed by atoms with E-state index in [4.69, 9.17) is 21.1 Å². The molecule has 8 nitrogen and oxygen atoms in total. The second-order valence-electron chi connectivity index (χ2n) is 12.1. The van der Waals surface area contributed by atoms with Crippen LogP contribution in [0.5, 0.6) is 0 Å². The molecule has 4 rings (SSSR count). The summed E-state index contributed by atoms with van der Waals surface area (Å²) in [6.45, 7) is 14.3. The third kappa shape index (κ3) is 5.53. The standard InChI is InChI=1S/C33H45ClN2O6/c1-6-8-13-20-41-31(40)26-25-29(38)36(18-11-9-10-12-19-37)28(33(25)21-23(4)32(26,5)42-33)30(39)35(17-7-2)27-22(3)15-14-16-24(27)34/h6-7,14-16,23,25-26,28,37H,1-2,8-13,17-21H2,3-5H3/t23?,25-,26-,28?,32+,33?/m0/s1. The fourth-order valence-corrected chi connectivity index (χ4v) is 7.71. The lowest BCUT2D eigenvalue weighted by Crippen LogP contribution is -2.57. The number of carbonyl (C=O) groups excluding carboxylic acids is 3. The zero-order chi connectivity index (χ0) is 30.7. The van der Waals surface area contributed by atoms with E-state index < -0.39 is 35.0 Å². The van der Waals surface area contributed by atoms with Crippen LogP contribution in [0.25, 0.3) is 0 Å². The number of hydrogen-bond donors (Lipinski definition) is 1. The van der Waals surface area contributed by atoms with Gasteiger partial charge in [0.25, 0.3) is 5.91 Å². The molecule has 2 amide bonds. The van der Waals surface area contributed by atoms with Crippen molar-refractivity contribution in [1.29, 1.82) is 0 Å². The van der Waals surface area contributed by atoms with Crippen molar-refractivity contribution < 1.29 is 29.0 Å². The summed E-state index contributed by atoms with van der Waals surface area (Å²) in [6, 6.07) is 4.53. The number of para-hydroxylation sites is 1. The van der Waals surface area contributed by atoms with E-state index in [1.165, 1.54) is 0 Å². The first-order valence-corrected chi connectivity index (χ1v) is 15.5. The lowest BCUT2D eigenvalue weighted by atomic mass is 9.62. The summed E-state index contributed by atoms with van der Waals surface area (Å²) in [6.07, 6.45) is 8.22.